The maximum absolute atomic E-state index is 11.4. The molecule has 0 radical (unpaired) electrons. The van der Waals surface area contributed by atoms with Crippen molar-refractivity contribution in [3.8, 4) is 5.75 Å². The highest BCUT2D eigenvalue weighted by molar-refractivity contribution is 5.76. The molecule has 21 heavy (non-hydrogen) atoms. The summed E-state index contributed by atoms with van der Waals surface area (Å²) in [5, 5.41) is 16.5. The lowest BCUT2D eigenvalue weighted by Crippen LogP contribution is -2.30. The molecule has 0 aromatic heterocycles. The van der Waals surface area contributed by atoms with E-state index in [0.29, 0.717) is 37.9 Å². The highest BCUT2D eigenvalue weighted by atomic mass is 16.6. The fourth-order valence-electron chi connectivity index (χ4n) is 1.76. The van der Waals surface area contributed by atoms with Crippen LogP contribution < -0.4 is 15.4 Å². The molecule has 7 nitrogen and oxygen atoms in total. The zero-order chi connectivity index (χ0) is 15.1. The number of rotatable bonds is 9. The smallest absolute Gasteiger partial charge is 0.269 e. The van der Waals surface area contributed by atoms with Gasteiger partial charge >= 0.3 is 0 Å². The molecule has 114 valence electrons. The number of carbonyl (C=O) groups is 1. The van der Waals surface area contributed by atoms with Gasteiger partial charge in [-0.1, -0.05) is 0 Å². The number of nitro benzene ring substituents is 1. The molecule has 0 spiro atoms. The summed E-state index contributed by atoms with van der Waals surface area (Å²) in [6, 6.07) is 6.36. The number of nitrogens with zero attached hydrogens (tertiary/aromatic N) is 1. The molecule has 0 bridgehead atoms. The van der Waals surface area contributed by atoms with Gasteiger partial charge in [0, 0.05) is 37.7 Å². The van der Waals surface area contributed by atoms with Crippen molar-refractivity contribution in [3.63, 3.8) is 0 Å². The number of hydrogen-bond donors (Lipinski definition) is 2. The summed E-state index contributed by atoms with van der Waals surface area (Å²) in [5.41, 5.74) is 0.0437. The van der Waals surface area contributed by atoms with Gasteiger partial charge in [-0.2, -0.15) is 0 Å². The maximum atomic E-state index is 11.4. The van der Waals surface area contributed by atoms with Crippen LogP contribution in [0.1, 0.15) is 19.3 Å². The third-order valence-corrected chi connectivity index (χ3v) is 3.07. The van der Waals surface area contributed by atoms with Crippen LogP contribution in [0.15, 0.2) is 24.3 Å². The second kappa shape index (κ2) is 7.58. The Labute approximate surface area is 122 Å². The zero-order valence-corrected chi connectivity index (χ0v) is 11.7. The monoisotopic (exact) mass is 293 g/mol. The normalized spacial score (nSPS) is 13.7. The quantitative estimate of drug-likeness (QED) is 0.406. The third kappa shape index (κ3) is 5.78. The molecule has 2 rings (SSSR count). The Bertz CT molecular complexity index is 485. The number of hydrogen-bond acceptors (Lipinski definition) is 5. The minimum absolute atomic E-state index is 0.0437. The van der Waals surface area contributed by atoms with E-state index in [-0.39, 0.29) is 11.6 Å². The number of nitro groups is 1. The van der Waals surface area contributed by atoms with Crippen LogP contribution in [0.3, 0.4) is 0 Å². The van der Waals surface area contributed by atoms with E-state index in [1.54, 1.807) is 12.1 Å². The van der Waals surface area contributed by atoms with Gasteiger partial charge in [0.25, 0.3) is 5.69 Å². The predicted octanol–water partition coefficient (Wildman–Crippen LogP) is 1.23. The first-order valence-electron chi connectivity index (χ1n) is 7.02. The molecule has 0 heterocycles. The number of non-ortho nitro benzene ring substituents is 1. The predicted molar refractivity (Wildman–Crippen MR) is 77.2 cm³/mol. The van der Waals surface area contributed by atoms with Crippen LogP contribution >= 0.6 is 0 Å². The van der Waals surface area contributed by atoms with E-state index < -0.39 is 4.92 Å². The second-order valence-electron chi connectivity index (χ2n) is 4.94. The average Bonchev–Trinajstić information content (AvgIpc) is 3.27. The summed E-state index contributed by atoms with van der Waals surface area (Å²) in [7, 11) is 0. The van der Waals surface area contributed by atoms with Crippen LogP contribution in [0.25, 0.3) is 0 Å². The fourth-order valence-corrected chi connectivity index (χ4v) is 1.76. The van der Waals surface area contributed by atoms with Crippen molar-refractivity contribution in [3.05, 3.63) is 34.4 Å². The van der Waals surface area contributed by atoms with Gasteiger partial charge in [0.15, 0.2) is 0 Å². The number of ether oxygens (including phenoxy) is 1. The lowest BCUT2D eigenvalue weighted by atomic mass is 10.3. The topological polar surface area (TPSA) is 93.5 Å². The van der Waals surface area contributed by atoms with E-state index in [1.165, 1.54) is 12.1 Å². The van der Waals surface area contributed by atoms with Gasteiger partial charge in [-0.3, -0.25) is 14.9 Å². The molecule has 1 aromatic rings. The standard InChI is InChI=1S/C14H19N3O4/c18-14(16-11-1-2-11)7-8-15-9-10-21-13-5-3-12(4-6-13)17(19)20/h3-6,11,15H,1-2,7-10H2,(H,16,18). The minimum Gasteiger partial charge on any atom is -0.492 e. The van der Waals surface area contributed by atoms with Crippen LogP contribution in [0.5, 0.6) is 5.75 Å². The molecule has 2 N–H and O–H groups in total. The molecule has 0 atom stereocenters. The van der Waals surface area contributed by atoms with Crippen molar-refractivity contribution < 1.29 is 14.5 Å². The zero-order valence-electron chi connectivity index (χ0n) is 11.7. The lowest BCUT2D eigenvalue weighted by Gasteiger charge is -2.07. The summed E-state index contributed by atoms with van der Waals surface area (Å²) in [4.78, 5) is 21.4. The molecule has 1 aliphatic carbocycles. The SMILES string of the molecule is O=C(CCNCCOc1ccc([N+](=O)[O-])cc1)NC1CC1. The highest BCUT2D eigenvalue weighted by Crippen LogP contribution is 2.18. The van der Waals surface area contributed by atoms with Gasteiger partial charge in [0.1, 0.15) is 12.4 Å². The Hall–Kier alpha value is -2.15. The van der Waals surface area contributed by atoms with E-state index in [4.69, 9.17) is 4.74 Å². The van der Waals surface area contributed by atoms with Crippen molar-refractivity contribution in [2.75, 3.05) is 19.7 Å². The minimum atomic E-state index is -0.446. The van der Waals surface area contributed by atoms with Crippen LogP contribution in [0.2, 0.25) is 0 Å². The second-order valence-corrected chi connectivity index (χ2v) is 4.94. The molecule has 0 aliphatic heterocycles. The number of benzene rings is 1. The number of carbonyl (C=O) groups excluding carboxylic acids is 1. The Morgan fingerprint density at radius 3 is 2.62 bits per heavy atom. The van der Waals surface area contributed by atoms with Crippen molar-refractivity contribution in [2.24, 2.45) is 0 Å². The highest BCUT2D eigenvalue weighted by Gasteiger charge is 2.22. The first-order chi connectivity index (χ1) is 10.1. The van der Waals surface area contributed by atoms with Crippen LogP contribution in [-0.4, -0.2) is 36.6 Å². The average molecular weight is 293 g/mol. The van der Waals surface area contributed by atoms with E-state index in [2.05, 4.69) is 10.6 Å². The maximum Gasteiger partial charge on any atom is 0.269 e. The van der Waals surface area contributed by atoms with Crippen LogP contribution in [0.4, 0.5) is 5.69 Å². The van der Waals surface area contributed by atoms with Crippen molar-refractivity contribution in [1.82, 2.24) is 10.6 Å². The molecular weight excluding hydrogens is 274 g/mol. The molecule has 1 saturated carbocycles. The summed E-state index contributed by atoms with van der Waals surface area (Å²) < 4.78 is 5.44. The van der Waals surface area contributed by atoms with Crippen molar-refractivity contribution >= 4 is 11.6 Å². The van der Waals surface area contributed by atoms with Gasteiger partial charge in [0.05, 0.1) is 4.92 Å². The largest absolute Gasteiger partial charge is 0.492 e. The first kappa shape index (κ1) is 15.2. The lowest BCUT2D eigenvalue weighted by molar-refractivity contribution is -0.384. The molecule has 7 heteroatoms. The van der Waals surface area contributed by atoms with Gasteiger partial charge in [-0.25, -0.2) is 0 Å². The Morgan fingerprint density at radius 2 is 2.00 bits per heavy atom. The molecule has 1 amide bonds. The first-order valence-corrected chi connectivity index (χ1v) is 7.02. The van der Waals surface area contributed by atoms with Crippen molar-refractivity contribution in [2.45, 2.75) is 25.3 Å². The summed E-state index contributed by atoms with van der Waals surface area (Å²) in [6.07, 6.45) is 2.67. The van der Waals surface area contributed by atoms with Gasteiger partial charge in [-0.15, -0.1) is 0 Å². The van der Waals surface area contributed by atoms with Crippen LogP contribution in [-0.2, 0) is 4.79 Å². The molecular formula is C14H19N3O4. The Balaban J connectivity index is 1.52. The molecule has 0 unspecified atom stereocenters. The van der Waals surface area contributed by atoms with E-state index in [0.717, 1.165) is 12.8 Å². The number of amides is 1. The van der Waals surface area contributed by atoms with Gasteiger partial charge in [0.2, 0.25) is 5.91 Å². The van der Waals surface area contributed by atoms with Gasteiger partial charge < -0.3 is 15.4 Å². The third-order valence-electron chi connectivity index (χ3n) is 3.07. The molecule has 1 fully saturated rings. The number of nitrogens with one attached hydrogen (secondary N) is 2. The fraction of sp³-hybridized carbons (Fsp3) is 0.500. The molecule has 0 saturated heterocycles. The summed E-state index contributed by atoms with van der Waals surface area (Å²) in [6.45, 7) is 1.68. The van der Waals surface area contributed by atoms with Crippen molar-refractivity contribution in [1.29, 1.82) is 0 Å². The van der Waals surface area contributed by atoms with E-state index >= 15 is 0 Å². The summed E-state index contributed by atoms with van der Waals surface area (Å²) in [5.74, 6) is 0.676. The molecule has 1 aromatic carbocycles. The Kier molecular flexibility index (Phi) is 5.51. The van der Waals surface area contributed by atoms with Gasteiger partial charge in [-0.05, 0) is 25.0 Å². The van der Waals surface area contributed by atoms with Crippen LogP contribution in [0, 0.1) is 10.1 Å². The Morgan fingerprint density at radius 1 is 1.29 bits per heavy atom. The van der Waals surface area contributed by atoms with E-state index in [1.807, 2.05) is 0 Å². The van der Waals surface area contributed by atoms with E-state index in [9.17, 15) is 14.9 Å². The summed E-state index contributed by atoms with van der Waals surface area (Å²) >= 11 is 0. The molecule has 1 aliphatic rings.